The minimum Gasteiger partial charge on any atom is -0.449 e. The average Bonchev–Trinajstić information content (AvgIpc) is 2.70. The quantitative estimate of drug-likeness (QED) is 0.858. The van der Waals surface area contributed by atoms with Crippen molar-refractivity contribution in [2.45, 2.75) is 33.1 Å². The standard InChI is InChI=1S/C17H18BrNO2/c1-11-4-5-12(14(18)8-11)10-19-13-6-7-15-16(9-13)21-17(2,3)20-15/h4-9,19H,10H2,1-3H3. The zero-order valence-electron chi connectivity index (χ0n) is 12.4. The summed E-state index contributed by atoms with van der Waals surface area (Å²) in [6.07, 6.45) is 0. The molecule has 1 aliphatic heterocycles. The normalized spacial score (nSPS) is 15.0. The van der Waals surface area contributed by atoms with Crippen LogP contribution in [0.15, 0.2) is 40.9 Å². The smallest absolute Gasteiger partial charge is 0.246 e. The van der Waals surface area contributed by atoms with E-state index < -0.39 is 5.79 Å². The highest BCUT2D eigenvalue weighted by molar-refractivity contribution is 9.10. The Balaban J connectivity index is 1.72. The van der Waals surface area contributed by atoms with Gasteiger partial charge in [-0.3, -0.25) is 0 Å². The number of aryl methyl sites for hydroxylation is 1. The highest BCUT2D eigenvalue weighted by Crippen LogP contribution is 2.40. The van der Waals surface area contributed by atoms with Gasteiger partial charge in [0.2, 0.25) is 5.79 Å². The van der Waals surface area contributed by atoms with Crippen molar-refractivity contribution in [2.24, 2.45) is 0 Å². The molecule has 0 spiro atoms. The van der Waals surface area contributed by atoms with Crippen molar-refractivity contribution in [2.75, 3.05) is 5.32 Å². The minimum absolute atomic E-state index is 0.582. The van der Waals surface area contributed by atoms with E-state index in [4.69, 9.17) is 9.47 Å². The molecule has 21 heavy (non-hydrogen) atoms. The molecule has 0 aliphatic carbocycles. The number of nitrogens with one attached hydrogen (secondary N) is 1. The fraction of sp³-hybridized carbons (Fsp3) is 0.294. The van der Waals surface area contributed by atoms with Gasteiger partial charge < -0.3 is 14.8 Å². The molecule has 4 heteroatoms. The van der Waals surface area contributed by atoms with Crippen LogP contribution in [0.2, 0.25) is 0 Å². The lowest BCUT2D eigenvalue weighted by molar-refractivity contribution is -0.0431. The number of halogens is 1. The summed E-state index contributed by atoms with van der Waals surface area (Å²) in [4.78, 5) is 0. The van der Waals surface area contributed by atoms with Gasteiger partial charge in [-0.2, -0.15) is 0 Å². The molecule has 2 aromatic carbocycles. The van der Waals surface area contributed by atoms with Crippen LogP contribution >= 0.6 is 15.9 Å². The van der Waals surface area contributed by atoms with Gasteiger partial charge in [0.25, 0.3) is 0 Å². The van der Waals surface area contributed by atoms with E-state index in [1.807, 2.05) is 32.0 Å². The van der Waals surface area contributed by atoms with Gasteiger partial charge in [0.1, 0.15) is 0 Å². The number of hydrogen-bond acceptors (Lipinski definition) is 3. The van der Waals surface area contributed by atoms with E-state index in [-0.39, 0.29) is 0 Å². The van der Waals surface area contributed by atoms with E-state index in [1.165, 1.54) is 11.1 Å². The molecule has 0 unspecified atom stereocenters. The van der Waals surface area contributed by atoms with Crippen LogP contribution in [0.25, 0.3) is 0 Å². The van der Waals surface area contributed by atoms with E-state index in [2.05, 4.69) is 46.4 Å². The summed E-state index contributed by atoms with van der Waals surface area (Å²) in [7, 11) is 0. The maximum absolute atomic E-state index is 5.75. The summed E-state index contributed by atoms with van der Waals surface area (Å²) in [5.41, 5.74) is 3.48. The summed E-state index contributed by atoms with van der Waals surface area (Å²) in [6, 6.07) is 12.3. The number of rotatable bonds is 3. The number of anilines is 1. The van der Waals surface area contributed by atoms with Crippen LogP contribution in [-0.2, 0) is 6.54 Å². The minimum atomic E-state index is -0.582. The Bertz CT molecular complexity index is 682. The molecule has 0 fully saturated rings. The van der Waals surface area contributed by atoms with E-state index in [0.29, 0.717) is 0 Å². The average molecular weight is 348 g/mol. The lowest BCUT2D eigenvalue weighted by Crippen LogP contribution is -2.29. The first kappa shape index (κ1) is 14.3. The third-order valence-corrected chi connectivity index (χ3v) is 4.08. The van der Waals surface area contributed by atoms with Gasteiger partial charge in [-0.1, -0.05) is 28.1 Å². The summed E-state index contributed by atoms with van der Waals surface area (Å²) in [5, 5.41) is 3.41. The third kappa shape index (κ3) is 3.16. The van der Waals surface area contributed by atoms with E-state index in [1.54, 1.807) is 0 Å². The molecule has 3 rings (SSSR count). The largest absolute Gasteiger partial charge is 0.449 e. The van der Waals surface area contributed by atoms with Gasteiger partial charge in [0.15, 0.2) is 11.5 Å². The molecule has 2 aromatic rings. The first-order valence-electron chi connectivity index (χ1n) is 6.94. The molecule has 0 atom stereocenters. The molecule has 0 amide bonds. The van der Waals surface area contributed by atoms with Gasteiger partial charge in [-0.25, -0.2) is 0 Å². The topological polar surface area (TPSA) is 30.5 Å². The molecule has 3 nitrogen and oxygen atoms in total. The van der Waals surface area contributed by atoms with Crippen LogP contribution in [0.5, 0.6) is 11.5 Å². The highest BCUT2D eigenvalue weighted by Gasteiger charge is 2.31. The van der Waals surface area contributed by atoms with Crippen molar-refractivity contribution in [1.82, 2.24) is 0 Å². The molecule has 1 aliphatic rings. The second-order valence-electron chi connectivity index (χ2n) is 5.71. The second kappa shape index (κ2) is 5.26. The maximum Gasteiger partial charge on any atom is 0.246 e. The molecule has 0 aromatic heterocycles. The van der Waals surface area contributed by atoms with Crippen molar-refractivity contribution < 1.29 is 9.47 Å². The van der Waals surface area contributed by atoms with E-state index in [9.17, 15) is 0 Å². The fourth-order valence-corrected chi connectivity index (χ4v) is 2.96. The maximum atomic E-state index is 5.75. The zero-order valence-corrected chi connectivity index (χ0v) is 14.0. The number of fused-ring (bicyclic) bond motifs is 1. The molecule has 0 saturated heterocycles. The van der Waals surface area contributed by atoms with Crippen LogP contribution in [0.1, 0.15) is 25.0 Å². The molecular weight excluding hydrogens is 330 g/mol. The number of ether oxygens (including phenoxy) is 2. The Morgan fingerprint density at radius 1 is 1.05 bits per heavy atom. The van der Waals surface area contributed by atoms with Gasteiger partial charge >= 0.3 is 0 Å². The van der Waals surface area contributed by atoms with Gasteiger partial charge in [-0.05, 0) is 36.2 Å². The summed E-state index contributed by atoms with van der Waals surface area (Å²) in [5.74, 6) is 0.996. The van der Waals surface area contributed by atoms with Crippen LogP contribution in [0.4, 0.5) is 5.69 Å². The first-order chi connectivity index (χ1) is 9.93. The Morgan fingerprint density at radius 2 is 1.81 bits per heavy atom. The molecular formula is C17H18BrNO2. The number of benzene rings is 2. The summed E-state index contributed by atoms with van der Waals surface area (Å²) in [6.45, 7) is 6.65. The predicted molar refractivity (Wildman–Crippen MR) is 88.0 cm³/mol. The summed E-state index contributed by atoms with van der Waals surface area (Å²) >= 11 is 3.60. The zero-order chi connectivity index (χ0) is 15.0. The third-order valence-electron chi connectivity index (χ3n) is 3.35. The Hall–Kier alpha value is -1.68. The second-order valence-corrected chi connectivity index (χ2v) is 6.57. The molecule has 1 heterocycles. The van der Waals surface area contributed by atoms with E-state index >= 15 is 0 Å². The lowest BCUT2D eigenvalue weighted by atomic mass is 10.1. The van der Waals surface area contributed by atoms with E-state index in [0.717, 1.165) is 28.2 Å². The Kier molecular flexibility index (Phi) is 3.57. The van der Waals surface area contributed by atoms with Crippen LogP contribution in [0, 0.1) is 6.92 Å². The fourth-order valence-electron chi connectivity index (χ4n) is 2.33. The first-order valence-corrected chi connectivity index (χ1v) is 7.73. The van der Waals surface area contributed by atoms with Crippen molar-refractivity contribution in [3.8, 4) is 11.5 Å². The molecule has 1 N–H and O–H groups in total. The highest BCUT2D eigenvalue weighted by atomic mass is 79.9. The molecule has 0 bridgehead atoms. The van der Waals surface area contributed by atoms with Crippen molar-refractivity contribution in [1.29, 1.82) is 0 Å². The molecule has 110 valence electrons. The molecule has 0 radical (unpaired) electrons. The monoisotopic (exact) mass is 347 g/mol. The summed E-state index contributed by atoms with van der Waals surface area (Å²) < 4.78 is 12.6. The Labute approximate surface area is 133 Å². The predicted octanol–water partition coefficient (Wildman–Crippen LogP) is 4.88. The van der Waals surface area contributed by atoms with Crippen molar-refractivity contribution in [3.63, 3.8) is 0 Å². The van der Waals surface area contributed by atoms with Gasteiger partial charge in [0, 0.05) is 36.6 Å². The van der Waals surface area contributed by atoms with Gasteiger partial charge in [0.05, 0.1) is 0 Å². The van der Waals surface area contributed by atoms with Crippen LogP contribution in [-0.4, -0.2) is 5.79 Å². The SMILES string of the molecule is Cc1ccc(CNc2ccc3c(c2)OC(C)(C)O3)c(Br)c1. The lowest BCUT2D eigenvalue weighted by Gasteiger charge is -2.16. The van der Waals surface area contributed by atoms with Gasteiger partial charge in [-0.15, -0.1) is 0 Å². The van der Waals surface area contributed by atoms with Crippen LogP contribution in [0.3, 0.4) is 0 Å². The van der Waals surface area contributed by atoms with Crippen LogP contribution < -0.4 is 14.8 Å². The molecule has 0 saturated carbocycles. The van der Waals surface area contributed by atoms with Crippen molar-refractivity contribution >= 4 is 21.6 Å². The Morgan fingerprint density at radius 3 is 2.57 bits per heavy atom. The number of hydrogen-bond donors (Lipinski definition) is 1. The van der Waals surface area contributed by atoms with Crippen molar-refractivity contribution in [3.05, 3.63) is 52.0 Å².